The minimum atomic E-state index is -0.160. The Morgan fingerprint density at radius 1 is 1.44 bits per heavy atom. The Bertz CT molecular complexity index is 493. The van der Waals surface area contributed by atoms with Crippen molar-refractivity contribution >= 4 is 21.6 Å². The van der Waals surface area contributed by atoms with E-state index >= 15 is 0 Å². The number of hydrogen-bond donors (Lipinski definition) is 0. The maximum atomic E-state index is 9.03. The van der Waals surface area contributed by atoms with Crippen molar-refractivity contribution in [3.05, 3.63) is 28.2 Å². The van der Waals surface area contributed by atoms with Gasteiger partial charge >= 0.3 is 0 Å². The first kappa shape index (κ1) is 13.4. The van der Waals surface area contributed by atoms with Crippen LogP contribution in [0.2, 0.25) is 0 Å². The fourth-order valence-corrected chi connectivity index (χ4v) is 2.95. The molecule has 1 heterocycles. The first-order valence-corrected chi connectivity index (χ1v) is 6.82. The van der Waals surface area contributed by atoms with Crippen molar-refractivity contribution in [3.8, 4) is 6.07 Å². The quantitative estimate of drug-likeness (QED) is 0.798. The lowest BCUT2D eigenvalue weighted by Crippen LogP contribution is -2.52. The van der Waals surface area contributed by atoms with Crippen molar-refractivity contribution in [2.75, 3.05) is 18.0 Å². The monoisotopic (exact) mass is 308 g/mol. The van der Waals surface area contributed by atoms with E-state index < -0.39 is 0 Å². The highest BCUT2D eigenvalue weighted by molar-refractivity contribution is 9.10. The molecule has 3 nitrogen and oxygen atoms in total. The van der Waals surface area contributed by atoms with Crippen molar-refractivity contribution in [2.24, 2.45) is 0 Å². The van der Waals surface area contributed by atoms with E-state index in [1.165, 1.54) is 0 Å². The third-order valence-corrected chi connectivity index (χ3v) is 3.40. The zero-order valence-electron chi connectivity index (χ0n) is 10.9. The van der Waals surface area contributed by atoms with Gasteiger partial charge in [-0.3, -0.25) is 0 Å². The highest BCUT2D eigenvalue weighted by Crippen LogP contribution is 2.28. The molecular formula is C14H17BrN2O. The number of morpholine rings is 1. The lowest BCUT2D eigenvalue weighted by molar-refractivity contribution is -0.0749. The van der Waals surface area contributed by atoms with Crippen molar-refractivity contribution in [1.82, 2.24) is 0 Å². The Morgan fingerprint density at radius 2 is 2.17 bits per heavy atom. The average Bonchev–Trinajstić information content (AvgIpc) is 2.25. The molecule has 0 spiro atoms. The summed E-state index contributed by atoms with van der Waals surface area (Å²) in [6, 6.07) is 8.00. The third-order valence-electron chi connectivity index (χ3n) is 2.95. The van der Waals surface area contributed by atoms with E-state index in [0.717, 1.165) is 23.2 Å². The number of rotatable bonds is 1. The molecule has 0 aromatic heterocycles. The fraction of sp³-hybridized carbons (Fsp3) is 0.500. The van der Waals surface area contributed by atoms with Crippen LogP contribution in [0.3, 0.4) is 0 Å². The molecule has 1 unspecified atom stereocenters. The van der Waals surface area contributed by atoms with E-state index in [2.05, 4.69) is 53.7 Å². The molecule has 1 aliphatic rings. The Hall–Kier alpha value is -1.05. The molecule has 0 amide bonds. The summed E-state index contributed by atoms with van der Waals surface area (Å²) in [4.78, 5) is 2.28. The van der Waals surface area contributed by atoms with Crippen LogP contribution in [-0.2, 0) is 4.74 Å². The van der Waals surface area contributed by atoms with Crippen molar-refractivity contribution in [3.63, 3.8) is 0 Å². The van der Waals surface area contributed by atoms with Crippen molar-refractivity contribution in [1.29, 1.82) is 5.26 Å². The number of nitrogens with zero attached hydrogens (tertiary/aromatic N) is 2. The third kappa shape index (κ3) is 3.04. The van der Waals surface area contributed by atoms with Crippen LogP contribution in [0.1, 0.15) is 26.3 Å². The molecule has 1 aromatic rings. The molecule has 0 bridgehead atoms. The van der Waals surface area contributed by atoms with Gasteiger partial charge in [0.15, 0.2) is 0 Å². The van der Waals surface area contributed by atoms with Crippen molar-refractivity contribution in [2.45, 2.75) is 32.5 Å². The Labute approximate surface area is 116 Å². The van der Waals surface area contributed by atoms with Crippen LogP contribution in [0.25, 0.3) is 0 Å². The number of benzene rings is 1. The molecule has 1 atom stereocenters. The minimum Gasteiger partial charge on any atom is -0.369 e. The zero-order valence-corrected chi connectivity index (χ0v) is 12.5. The second-order valence-electron chi connectivity index (χ2n) is 5.38. The van der Waals surface area contributed by atoms with E-state index in [-0.39, 0.29) is 11.7 Å². The first-order chi connectivity index (χ1) is 8.39. The number of nitriles is 1. The summed E-state index contributed by atoms with van der Waals surface area (Å²) in [6.07, 6.45) is 0.193. The highest BCUT2D eigenvalue weighted by atomic mass is 79.9. The number of ether oxygens (including phenoxy) is 1. The molecule has 0 N–H and O–H groups in total. The van der Waals surface area contributed by atoms with E-state index in [1.807, 2.05) is 12.1 Å². The lowest BCUT2D eigenvalue weighted by Gasteiger charge is -2.43. The number of halogens is 1. The summed E-state index contributed by atoms with van der Waals surface area (Å²) >= 11 is 3.46. The fourth-order valence-electron chi connectivity index (χ4n) is 2.47. The smallest absolute Gasteiger partial charge is 0.0992 e. The molecule has 0 saturated carbocycles. The van der Waals surface area contributed by atoms with Gasteiger partial charge in [-0.1, -0.05) is 15.9 Å². The van der Waals surface area contributed by atoms with Crippen LogP contribution in [-0.4, -0.2) is 24.8 Å². The van der Waals surface area contributed by atoms with Gasteiger partial charge in [-0.15, -0.1) is 0 Å². The normalized spacial score (nSPS) is 22.6. The molecule has 96 valence electrons. The molecule has 0 aliphatic carbocycles. The van der Waals surface area contributed by atoms with Gasteiger partial charge in [0.2, 0.25) is 0 Å². The van der Waals surface area contributed by atoms with Gasteiger partial charge in [0.1, 0.15) is 0 Å². The van der Waals surface area contributed by atoms with Crippen LogP contribution in [0, 0.1) is 11.3 Å². The average molecular weight is 309 g/mol. The summed E-state index contributed by atoms with van der Waals surface area (Å²) < 4.78 is 6.83. The van der Waals surface area contributed by atoms with Crippen LogP contribution in [0.5, 0.6) is 0 Å². The summed E-state index contributed by atoms with van der Waals surface area (Å²) in [5.41, 5.74) is 1.59. The van der Waals surface area contributed by atoms with Crippen LogP contribution < -0.4 is 4.90 Å². The molecule has 1 fully saturated rings. The number of hydrogen-bond acceptors (Lipinski definition) is 3. The van der Waals surface area contributed by atoms with E-state index in [9.17, 15) is 0 Å². The van der Waals surface area contributed by atoms with Gasteiger partial charge in [0, 0.05) is 23.2 Å². The predicted octanol–water partition coefficient (Wildman–Crippen LogP) is 3.32. The van der Waals surface area contributed by atoms with Crippen molar-refractivity contribution < 1.29 is 4.74 Å². The van der Waals surface area contributed by atoms with Gasteiger partial charge in [-0.2, -0.15) is 5.26 Å². The maximum Gasteiger partial charge on any atom is 0.0992 e. The summed E-state index contributed by atoms with van der Waals surface area (Å²) in [5, 5.41) is 9.03. The first-order valence-electron chi connectivity index (χ1n) is 6.03. The van der Waals surface area contributed by atoms with Crippen LogP contribution in [0.4, 0.5) is 5.69 Å². The molecule has 1 aliphatic heterocycles. The van der Waals surface area contributed by atoms with Gasteiger partial charge in [-0.05, 0) is 39.0 Å². The van der Waals surface area contributed by atoms with Gasteiger partial charge in [-0.25, -0.2) is 0 Å². The Kier molecular flexibility index (Phi) is 3.65. The SMILES string of the molecule is CC1CN(c2cc(Br)cc(C#N)c2)CC(C)(C)O1. The molecule has 4 heteroatoms. The minimum absolute atomic E-state index is 0.160. The second-order valence-corrected chi connectivity index (χ2v) is 6.29. The van der Waals surface area contributed by atoms with E-state index in [1.54, 1.807) is 0 Å². The van der Waals surface area contributed by atoms with E-state index in [0.29, 0.717) is 5.56 Å². The summed E-state index contributed by atoms with van der Waals surface area (Å²) in [5.74, 6) is 0. The molecule has 1 aromatic carbocycles. The standard InChI is InChI=1S/C14H17BrN2O/c1-10-8-17(9-14(2,3)18-10)13-5-11(7-16)4-12(15)6-13/h4-6,10H,8-9H2,1-3H3. The van der Waals surface area contributed by atoms with Crippen LogP contribution >= 0.6 is 15.9 Å². The van der Waals surface area contributed by atoms with E-state index in [4.69, 9.17) is 10.00 Å². The molecule has 18 heavy (non-hydrogen) atoms. The summed E-state index contributed by atoms with van der Waals surface area (Å²) in [7, 11) is 0. The van der Waals surface area contributed by atoms with Gasteiger partial charge < -0.3 is 9.64 Å². The highest BCUT2D eigenvalue weighted by Gasteiger charge is 2.31. The second kappa shape index (κ2) is 4.91. The topological polar surface area (TPSA) is 36.3 Å². The molecular weight excluding hydrogens is 292 g/mol. The lowest BCUT2D eigenvalue weighted by atomic mass is 10.0. The Balaban J connectivity index is 2.31. The largest absolute Gasteiger partial charge is 0.369 e. The molecule has 1 saturated heterocycles. The van der Waals surface area contributed by atoms with Gasteiger partial charge in [0.25, 0.3) is 0 Å². The van der Waals surface area contributed by atoms with Crippen LogP contribution in [0.15, 0.2) is 22.7 Å². The molecule has 0 radical (unpaired) electrons. The predicted molar refractivity (Wildman–Crippen MR) is 75.7 cm³/mol. The summed E-state index contributed by atoms with van der Waals surface area (Å²) in [6.45, 7) is 7.96. The van der Waals surface area contributed by atoms with Gasteiger partial charge in [0.05, 0.1) is 23.3 Å². The number of anilines is 1. The zero-order chi connectivity index (χ0) is 13.3. The Morgan fingerprint density at radius 3 is 2.78 bits per heavy atom. The maximum absolute atomic E-state index is 9.03. The molecule has 2 rings (SSSR count).